The third-order valence-electron chi connectivity index (χ3n) is 3.85. The lowest BCUT2D eigenvalue weighted by molar-refractivity contribution is 0.0200. The fraction of sp³-hybridized carbons (Fsp3) is 0.529. The highest BCUT2D eigenvalue weighted by atomic mass is 19.1. The number of amides is 1. The third kappa shape index (κ3) is 4.00. The minimum absolute atomic E-state index is 0.160. The molecule has 23 heavy (non-hydrogen) atoms. The van der Waals surface area contributed by atoms with Crippen LogP contribution in [0.2, 0.25) is 0 Å². The smallest absolute Gasteiger partial charge is 0.410 e. The van der Waals surface area contributed by atoms with Crippen LogP contribution in [0.5, 0.6) is 0 Å². The zero-order chi connectivity index (χ0) is 17.2. The van der Waals surface area contributed by atoms with Crippen molar-refractivity contribution in [2.75, 3.05) is 13.2 Å². The molecule has 2 unspecified atom stereocenters. The van der Waals surface area contributed by atoms with E-state index in [0.717, 1.165) is 5.56 Å². The molecule has 5 nitrogen and oxygen atoms in total. The predicted molar refractivity (Wildman–Crippen MR) is 83.2 cm³/mol. The average molecular weight is 323 g/mol. The molecule has 1 aliphatic rings. The van der Waals surface area contributed by atoms with E-state index < -0.39 is 30.4 Å². The molecule has 1 amide bonds. The number of benzene rings is 1. The van der Waals surface area contributed by atoms with Gasteiger partial charge in [-0.1, -0.05) is 12.1 Å². The Hall–Kier alpha value is -2.11. The Morgan fingerprint density at radius 3 is 2.39 bits per heavy atom. The molecule has 1 aliphatic heterocycles. The van der Waals surface area contributed by atoms with Gasteiger partial charge in [-0.15, -0.1) is 0 Å². The number of alkyl halides is 1. The van der Waals surface area contributed by atoms with Crippen LogP contribution in [0.1, 0.15) is 49.2 Å². The summed E-state index contributed by atoms with van der Waals surface area (Å²) in [6, 6.07) is 5.79. The SMILES string of the molecule is CC(C)(C)OC(=O)N1CCC(CF)C1c1ccc(C(=O)O)cc1. The summed E-state index contributed by atoms with van der Waals surface area (Å²) in [7, 11) is 0. The van der Waals surface area contributed by atoms with Crippen LogP contribution in [-0.2, 0) is 4.74 Å². The summed E-state index contributed by atoms with van der Waals surface area (Å²) in [5.41, 5.74) is 0.260. The summed E-state index contributed by atoms with van der Waals surface area (Å²) >= 11 is 0. The van der Waals surface area contributed by atoms with E-state index in [2.05, 4.69) is 0 Å². The number of ether oxygens (including phenoxy) is 1. The maximum absolute atomic E-state index is 13.3. The third-order valence-corrected chi connectivity index (χ3v) is 3.85. The summed E-state index contributed by atoms with van der Waals surface area (Å²) in [6.45, 7) is 5.23. The van der Waals surface area contributed by atoms with E-state index >= 15 is 0 Å². The van der Waals surface area contributed by atoms with Crippen LogP contribution in [-0.4, -0.2) is 40.9 Å². The van der Waals surface area contributed by atoms with Gasteiger partial charge in [-0.2, -0.15) is 0 Å². The summed E-state index contributed by atoms with van der Waals surface area (Å²) in [6.07, 6.45) is 0.0851. The van der Waals surface area contributed by atoms with Crippen molar-refractivity contribution in [1.82, 2.24) is 4.90 Å². The summed E-state index contributed by atoms with van der Waals surface area (Å²) < 4.78 is 18.7. The van der Waals surface area contributed by atoms with Crippen molar-refractivity contribution in [2.24, 2.45) is 5.92 Å². The maximum atomic E-state index is 13.3. The molecule has 0 radical (unpaired) electrons. The Kier molecular flexibility index (Phi) is 4.92. The van der Waals surface area contributed by atoms with Gasteiger partial charge in [0.1, 0.15) is 5.60 Å². The Morgan fingerprint density at radius 2 is 1.91 bits per heavy atom. The minimum atomic E-state index is -1.02. The van der Waals surface area contributed by atoms with Gasteiger partial charge in [0.25, 0.3) is 0 Å². The molecule has 1 saturated heterocycles. The highest BCUT2D eigenvalue weighted by Crippen LogP contribution is 2.38. The highest BCUT2D eigenvalue weighted by Gasteiger charge is 2.40. The zero-order valence-corrected chi connectivity index (χ0v) is 13.6. The van der Waals surface area contributed by atoms with Crippen molar-refractivity contribution in [1.29, 1.82) is 0 Å². The van der Waals surface area contributed by atoms with Crippen LogP contribution >= 0.6 is 0 Å². The van der Waals surface area contributed by atoms with Crippen LogP contribution < -0.4 is 0 Å². The molecule has 126 valence electrons. The van der Waals surface area contributed by atoms with Gasteiger partial charge in [0, 0.05) is 12.5 Å². The van der Waals surface area contributed by atoms with E-state index in [1.807, 2.05) is 0 Å². The lowest BCUT2D eigenvalue weighted by Crippen LogP contribution is -2.37. The van der Waals surface area contributed by atoms with Crippen LogP contribution in [0, 0.1) is 5.92 Å². The largest absolute Gasteiger partial charge is 0.478 e. The molecule has 0 spiro atoms. The summed E-state index contributed by atoms with van der Waals surface area (Å²) in [5.74, 6) is -1.33. The lowest BCUT2D eigenvalue weighted by Gasteiger charge is -2.30. The Balaban J connectivity index is 2.26. The molecule has 1 aromatic rings. The van der Waals surface area contributed by atoms with Gasteiger partial charge in [0.2, 0.25) is 0 Å². The van der Waals surface area contributed by atoms with Crippen molar-refractivity contribution < 1.29 is 23.8 Å². The van der Waals surface area contributed by atoms with E-state index in [4.69, 9.17) is 9.84 Å². The number of carboxylic acids is 1. The Morgan fingerprint density at radius 1 is 1.30 bits per heavy atom. The van der Waals surface area contributed by atoms with E-state index in [-0.39, 0.29) is 11.5 Å². The van der Waals surface area contributed by atoms with E-state index in [1.54, 1.807) is 32.9 Å². The second kappa shape index (κ2) is 6.56. The monoisotopic (exact) mass is 323 g/mol. The number of carbonyl (C=O) groups excluding carboxylic acids is 1. The van der Waals surface area contributed by atoms with Crippen LogP contribution in [0.3, 0.4) is 0 Å². The van der Waals surface area contributed by atoms with Crippen molar-refractivity contribution in [3.8, 4) is 0 Å². The molecule has 0 saturated carbocycles. The number of rotatable bonds is 3. The number of aromatic carboxylic acids is 1. The summed E-state index contributed by atoms with van der Waals surface area (Å²) in [4.78, 5) is 24.8. The molecule has 2 atom stereocenters. The topological polar surface area (TPSA) is 66.8 Å². The predicted octanol–water partition coefficient (Wildman–Crippen LogP) is 3.65. The number of carbonyl (C=O) groups is 2. The lowest BCUT2D eigenvalue weighted by atomic mass is 9.94. The first-order valence-electron chi connectivity index (χ1n) is 7.62. The maximum Gasteiger partial charge on any atom is 0.410 e. The van der Waals surface area contributed by atoms with Crippen molar-refractivity contribution in [3.05, 3.63) is 35.4 Å². The van der Waals surface area contributed by atoms with Crippen molar-refractivity contribution in [2.45, 2.75) is 38.8 Å². The van der Waals surface area contributed by atoms with Gasteiger partial charge >= 0.3 is 12.1 Å². The molecule has 0 aromatic heterocycles. The molecule has 1 fully saturated rings. The minimum Gasteiger partial charge on any atom is -0.478 e. The number of likely N-dealkylation sites (tertiary alicyclic amines) is 1. The van der Waals surface area contributed by atoms with Crippen molar-refractivity contribution in [3.63, 3.8) is 0 Å². The quantitative estimate of drug-likeness (QED) is 0.922. The van der Waals surface area contributed by atoms with Crippen LogP contribution in [0.25, 0.3) is 0 Å². The van der Waals surface area contributed by atoms with E-state index in [0.29, 0.717) is 13.0 Å². The first kappa shape index (κ1) is 17.2. The number of hydrogen-bond donors (Lipinski definition) is 1. The summed E-state index contributed by atoms with van der Waals surface area (Å²) in [5, 5.41) is 8.96. The molecule has 0 bridgehead atoms. The van der Waals surface area contributed by atoms with Gasteiger partial charge in [-0.3, -0.25) is 4.39 Å². The number of nitrogens with zero attached hydrogens (tertiary/aromatic N) is 1. The van der Waals surface area contributed by atoms with Gasteiger partial charge in [-0.05, 0) is 44.9 Å². The zero-order valence-electron chi connectivity index (χ0n) is 13.6. The normalized spacial score (nSPS) is 21.3. The van der Waals surface area contributed by atoms with Gasteiger partial charge in [-0.25, -0.2) is 9.59 Å². The number of halogens is 1. The second-order valence-corrected chi connectivity index (χ2v) is 6.75. The Bertz CT molecular complexity index is 579. The van der Waals surface area contributed by atoms with Crippen LogP contribution in [0.15, 0.2) is 24.3 Å². The van der Waals surface area contributed by atoms with Crippen molar-refractivity contribution >= 4 is 12.1 Å². The number of carboxylic acid groups (broad SMARTS) is 1. The molecule has 0 aliphatic carbocycles. The molecule has 1 aromatic carbocycles. The van der Waals surface area contributed by atoms with Gasteiger partial charge in [0.05, 0.1) is 18.3 Å². The molecular weight excluding hydrogens is 301 g/mol. The molecule has 1 heterocycles. The second-order valence-electron chi connectivity index (χ2n) is 6.75. The molecule has 6 heteroatoms. The fourth-order valence-corrected chi connectivity index (χ4v) is 2.82. The first-order valence-corrected chi connectivity index (χ1v) is 7.62. The molecule has 2 rings (SSSR count). The number of hydrogen-bond acceptors (Lipinski definition) is 3. The first-order chi connectivity index (χ1) is 10.7. The average Bonchev–Trinajstić information content (AvgIpc) is 2.89. The fourth-order valence-electron chi connectivity index (χ4n) is 2.82. The molecule has 1 N–H and O–H groups in total. The van der Waals surface area contributed by atoms with Gasteiger partial charge < -0.3 is 14.7 Å². The van der Waals surface area contributed by atoms with E-state index in [1.165, 1.54) is 17.0 Å². The Labute approximate surface area is 135 Å². The van der Waals surface area contributed by atoms with E-state index in [9.17, 15) is 14.0 Å². The highest BCUT2D eigenvalue weighted by molar-refractivity contribution is 5.87. The standard InChI is InChI=1S/C17H22FNO4/c1-17(2,3)23-16(22)19-9-8-13(10-18)14(19)11-4-6-12(7-5-11)15(20)21/h4-7,13-14H,8-10H2,1-3H3,(H,20,21). The van der Waals surface area contributed by atoms with Crippen LogP contribution in [0.4, 0.5) is 9.18 Å². The van der Waals surface area contributed by atoms with Gasteiger partial charge in [0.15, 0.2) is 0 Å². The molecular formula is C17H22FNO4.